The second-order valence-corrected chi connectivity index (χ2v) is 6.55. The quantitative estimate of drug-likeness (QED) is 0.848. The van der Waals surface area contributed by atoms with Gasteiger partial charge in [0.05, 0.1) is 23.3 Å². The molecule has 0 unspecified atom stereocenters. The van der Waals surface area contributed by atoms with Gasteiger partial charge in [-0.15, -0.1) is 0 Å². The predicted octanol–water partition coefficient (Wildman–Crippen LogP) is 2.60. The van der Waals surface area contributed by atoms with Gasteiger partial charge in [0.1, 0.15) is 6.04 Å². The van der Waals surface area contributed by atoms with E-state index in [-0.39, 0.29) is 12.0 Å². The van der Waals surface area contributed by atoms with Crippen molar-refractivity contribution >= 4 is 17.5 Å². The summed E-state index contributed by atoms with van der Waals surface area (Å²) in [7, 11) is 0. The monoisotopic (exact) mass is 348 g/mol. The van der Waals surface area contributed by atoms with Crippen LogP contribution in [0.1, 0.15) is 53.8 Å². The van der Waals surface area contributed by atoms with Crippen molar-refractivity contribution in [2.75, 3.05) is 13.2 Å². The third-order valence-corrected chi connectivity index (χ3v) is 4.71. The van der Waals surface area contributed by atoms with E-state index >= 15 is 0 Å². The zero-order valence-electron chi connectivity index (χ0n) is 13.2. The lowest BCUT2D eigenvalue weighted by atomic mass is 10.1. The number of pyridine rings is 1. The van der Waals surface area contributed by atoms with Crippen molar-refractivity contribution in [1.82, 2.24) is 20.0 Å². The summed E-state index contributed by atoms with van der Waals surface area (Å²) < 4.78 is 11.2. The summed E-state index contributed by atoms with van der Waals surface area (Å²) >= 11 is 6.13. The maximum absolute atomic E-state index is 13.0. The molecule has 1 saturated heterocycles. The molecule has 2 fully saturated rings. The van der Waals surface area contributed by atoms with Gasteiger partial charge in [-0.3, -0.25) is 9.78 Å². The van der Waals surface area contributed by atoms with Gasteiger partial charge < -0.3 is 14.2 Å². The fraction of sp³-hybridized carbons (Fsp3) is 0.500. The molecule has 1 aliphatic carbocycles. The van der Waals surface area contributed by atoms with E-state index in [1.807, 2.05) is 6.92 Å². The Bertz CT molecular complexity index is 761. The lowest BCUT2D eigenvalue weighted by molar-refractivity contribution is -0.0600. The van der Waals surface area contributed by atoms with E-state index in [1.165, 1.54) is 6.20 Å². The highest BCUT2D eigenvalue weighted by Crippen LogP contribution is 2.39. The molecule has 8 heteroatoms. The van der Waals surface area contributed by atoms with Gasteiger partial charge in [0.2, 0.25) is 0 Å². The minimum Gasteiger partial charge on any atom is -0.374 e. The summed E-state index contributed by atoms with van der Waals surface area (Å²) in [6.07, 6.45) is 4.95. The molecule has 2 atom stereocenters. The lowest BCUT2D eigenvalue weighted by Crippen LogP contribution is -2.47. The van der Waals surface area contributed by atoms with Crippen LogP contribution in [-0.4, -0.2) is 45.2 Å². The Morgan fingerprint density at radius 1 is 1.42 bits per heavy atom. The molecule has 2 aliphatic rings. The molecular weight excluding hydrogens is 332 g/mol. The van der Waals surface area contributed by atoms with Crippen molar-refractivity contribution in [3.63, 3.8) is 0 Å². The SMILES string of the molecule is C[C@H]1OCCN(C(=O)c2ccncc2Cl)[C@@H]1c1nc(C2CC2)no1. The van der Waals surface area contributed by atoms with Crippen molar-refractivity contribution in [1.29, 1.82) is 0 Å². The van der Waals surface area contributed by atoms with Gasteiger partial charge in [-0.25, -0.2) is 0 Å². The number of nitrogens with zero attached hydrogens (tertiary/aromatic N) is 4. The minimum absolute atomic E-state index is 0.186. The van der Waals surface area contributed by atoms with Gasteiger partial charge >= 0.3 is 0 Å². The lowest BCUT2D eigenvalue weighted by Gasteiger charge is -2.37. The molecule has 24 heavy (non-hydrogen) atoms. The van der Waals surface area contributed by atoms with Crippen LogP contribution in [0.4, 0.5) is 0 Å². The molecule has 1 aliphatic heterocycles. The number of hydrogen-bond acceptors (Lipinski definition) is 6. The molecular formula is C16H17ClN4O3. The summed E-state index contributed by atoms with van der Waals surface area (Å²) in [6.45, 7) is 2.79. The zero-order valence-corrected chi connectivity index (χ0v) is 13.9. The number of hydrogen-bond donors (Lipinski definition) is 0. The third kappa shape index (κ3) is 2.78. The van der Waals surface area contributed by atoms with Crippen LogP contribution in [0.3, 0.4) is 0 Å². The van der Waals surface area contributed by atoms with Crippen molar-refractivity contribution in [2.45, 2.75) is 37.8 Å². The maximum Gasteiger partial charge on any atom is 0.256 e. The van der Waals surface area contributed by atoms with E-state index in [1.54, 1.807) is 17.2 Å². The van der Waals surface area contributed by atoms with Crippen LogP contribution >= 0.6 is 11.6 Å². The van der Waals surface area contributed by atoms with Gasteiger partial charge in [-0.05, 0) is 25.8 Å². The first-order valence-corrected chi connectivity index (χ1v) is 8.38. The maximum atomic E-state index is 13.0. The summed E-state index contributed by atoms with van der Waals surface area (Å²) in [5.41, 5.74) is 0.410. The van der Waals surface area contributed by atoms with Gasteiger partial charge in [-0.1, -0.05) is 16.8 Å². The first-order chi connectivity index (χ1) is 11.6. The number of aromatic nitrogens is 3. The van der Waals surface area contributed by atoms with Crippen LogP contribution < -0.4 is 0 Å². The highest BCUT2D eigenvalue weighted by atomic mass is 35.5. The fourth-order valence-electron chi connectivity index (χ4n) is 2.96. The van der Waals surface area contributed by atoms with Crippen LogP contribution in [0.2, 0.25) is 5.02 Å². The second kappa shape index (κ2) is 6.14. The van der Waals surface area contributed by atoms with Crippen LogP contribution in [0.5, 0.6) is 0 Å². The van der Waals surface area contributed by atoms with E-state index in [0.29, 0.717) is 35.5 Å². The molecule has 0 spiro atoms. The van der Waals surface area contributed by atoms with Crippen LogP contribution in [0.15, 0.2) is 23.0 Å². The number of halogens is 1. The van der Waals surface area contributed by atoms with Gasteiger partial charge in [-0.2, -0.15) is 4.98 Å². The van der Waals surface area contributed by atoms with Crippen LogP contribution in [-0.2, 0) is 4.74 Å². The van der Waals surface area contributed by atoms with E-state index < -0.39 is 6.04 Å². The summed E-state index contributed by atoms with van der Waals surface area (Å²) in [4.78, 5) is 23.1. The minimum atomic E-state index is -0.421. The molecule has 1 amide bonds. The number of morpholine rings is 1. The van der Waals surface area contributed by atoms with Crippen molar-refractivity contribution in [3.8, 4) is 0 Å². The molecule has 2 aromatic heterocycles. The Morgan fingerprint density at radius 3 is 3.00 bits per heavy atom. The Labute approximate surface area is 144 Å². The average Bonchev–Trinajstić information content (AvgIpc) is 3.32. The van der Waals surface area contributed by atoms with Gasteiger partial charge in [0.25, 0.3) is 11.8 Å². The molecule has 126 valence electrons. The molecule has 0 bridgehead atoms. The Kier molecular flexibility index (Phi) is 3.97. The molecule has 7 nitrogen and oxygen atoms in total. The number of rotatable bonds is 3. The number of carbonyl (C=O) groups excluding carboxylic acids is 1. The zero-order chi connectivity index (χ0) is 16.7. The Morgan fingerprint density at radius 2 is 2.25 bits per heavy atom. The van der Waals surface area contributed by atoms with E-state index in [0.717, 1.165) is 18.7 Å². The van der Waals surface area contributed by atoms with E-state index in [4.69, 9.17) is 20.9 Å². The summed E-state index contributed by atoms with van der Waals surface area (Å²) in [6, 6.07) is 1.20. The number of carbonyl (C=O) groups is 1. The largest absolute Gasteiger partial charge is 0.374 e. The normalized spacial score (nSPS) is 24.2. The summed E-state index contributed by atoms with van der Waals surface area (Å²) in [5.74, 6) is 1.34. The third-order valence-electron chi connectivity index (χ3n) is 4.41. The highest BCUT2D eigenvalue weighted by molar-refractivity contribution is 6.33. The standard InChI is InChI=1S/C16H17ClN4O3/c1-9-13(15-19-14(20-24-15)10-2-3-10)21(6-7-23-9)16(22)11-4-5-18-8-12(11)17/h4-5,8-10,13H,2-3,6-7H2,1H3/t9-,13+/m1/s1. The van der Waals surface area contributed by atoms with Gasteiger partial charge in [0, 0.05) is 24.9 Å². The van der Waals surface area contributed by atoms with E-state index in [2.05, 4.69) is 15.1 Å². The molecule has 2 aromatic rings. The fourth-order valence-corrected chi connectivity index (χ4v) is 3.16. The molecule has 0 N–H and O–H groups in total. The highest BCUT2D eigenvalue weighted by Gasteiger charge is 2.40. The molecule has 1 saturated carbocycles. The number of amides is 1. The van der Waals surface area contributed by atoms with Crippen molar-refractivity contribution in [2.24, 2.45) is 0 Å². The van der Waals surface area contributed by atoms with Crippen LogP contribution in [0, 0.1) is 0 Å². The molecule has 0 radical (unpaired) electrons. The molecule has 3 heterocycles. The topological polar surface area (TPSA) is 81.4 Å². The first kappa shape index (κ1) is 15.5. The molecule has 0 aromatic carbocycles. The summed E-state index contributed by atoms with van der Waals surface area (Å²) in [5, 5.41) is 4.38. The Hall–Kier alpha value is -1.99. The Balaban J connectivity index is 1.66. The van der Waals surface area contributed by atoms with Crippen molar-refractivity contribution < 1.29 is 14.1 Å². The first-order valence-electron chi connectivity index (χ1n) is 8.00. The molecule has 4 rings (SSSR count). The van der Waals surface area contributed by atoms with Crippen molar-refractivity contribution in [3.05, 3.63) is 40.8 Å². The predicted molar refractivity (Wildman–Crippen MR) is 84.7 cm³/mol. The van der Waals surface area contributed by atoms with E-state index in [9.17, 15) is 4.79 Å². The number of ether oxygens (including phenoxy) is 1. The van der Waals surface area contributed by atoms with Gasteiger partial charge in [0.15, 0.2) is 5.82 Å². The second-order valence-electron chi connectivity index (χ2n) is 6.14. The average molecular weight is 349 g/mol. The smallest absolute Gasteiger partial charge is 0.256 e. The van der Waals surface area contributed by atoms with Crippen LogP contribution in [0.25, 0.3) is 0 Å².